The summed E-state index contributed by atoms with van der Waals surface area (Å²) in [6.45, 7) is 5.19. The molecule has 1 aromatic carbocycles. The van der Waals surface area contributed by atoms with Crippen molar-refractivity contribution in [2.45, 2.75) is 39.2 Å². The SMILES string of the molecule is CCCC1CCN(c2ccc(F)cc2CNC)CC1. The van der Waals surface area contributed by atoms with E-state index in [9.17, 15) is 4.39 Å². The summed E-state index contributed by atoms with van der Waals surface area (Å²) >= 11 is 0. The highest BCUT2D eigenvalue weighted by Gasteiger charge is 2.20. The number of hydrogen-bond donors (Lipinski definition) is 1. The molecule has 0 bridgehead atoms. The van der Waals surface area contributed by atoms with Crippen LogP contribution in [0.1, 0.15) is 38.2 Å². The zero-order chi connectivity index (χ0) is 13.7. The molecule has 0 saturated carbocycles. The Hall–Kier alpha value is -1.09. The molecule has 1 heterocycles. The smallest absolute Gasteiger partial charge is 0.123 e. The first-order valence-corrected chi connectivity index (χ1v) is 7.42. The minimum absolute atomic E-state index is 0.144. The maximum atomic E-state index is 13.4. The fourth-order valence-corrected chi connectivity index (χ4v) is 3.07. The Morgan fingerprint density at radius 2 is 2.05 bits per heavy atom. The number of benzene rings is 1. The predicted octanol–water partition coefficient (Wildman–Crippen LogP) is 3.56. The molecule has 106 valence electrons. The molecule has 1 aliphatic rings. The fraction of sp³-hybridized carbons (Fsp3) is 0.625. The van der Waals surface area contributed by atoms with Gasteiger partial charge in [-0.05, 0) is 49.6 Å². The van der Waals surface area contributed by atoms with E-state index in [2.05, 4.69) is 17.1 Å². The Kier molecular flexibility index (Phi) is 5.20. The van der Waals surface area contributed by atoms with Crippen LogP contribution in [-0.4, -0.2) is 20.1 Å². The Morgan fingerprint density at radius 3 is 2.68 bits per heavy atom. The Labute approximate surface area is 116 Å². The van der Waals surface area contributed by atoms with Crippen LogP contribution in [0.3, 0.4) is 0 Å². The quantitative estimate of drug-likeness (QED) is 0.874. The molecule has 0 amide bonds. The van der Waals surface area contributed by atoms with Crippen molar-refractivity contribution in [2.24, 2.45) is 5.92 Å². The molecule has 0 atom stereocenters. The summed E-state index contributed by atoms with van der Waals surface area (Å²) in [6.07, 6.45) is 5.17. The monoisotopic (exact) mass is 264 g/mol. The van der Waals surface area contributed by atoms with E-state index in [4.69, 9.17) is 0 Å². The number of piperidine rings is 1. The highest BCUT2D eigenvalue weighted by molar-refractivity contribution is 5.54. The molecule has 0 spiro atoms. The number of nitrogens with zero attached hydrogens (tertiary/aromatic N) is 1. The fourth-order valence-electron chi connectivity index (χ4n) is 3.07. The van der Waals surface area contributed by atoms with Crippen molar-refractivity contribution in [2.75, 3.05) is 25.0 Å². The number of hydrogen-bond acceptors (Lipinski definition) is 2. The molecule has 2 nitrogen and oxygen atoms in total. The van der Waals surface area contributed by atoms with Crippen LogP contribution in [0.25, 0.3) is 0 Å². The van der Waals surface area contributed by atoms with Crippen molar-refractivity contribution in [3.8, 4) is 0 Å². The first kappa shape index (κ1) is 14.3. The van der Waals surface area contributed by atoms with E-state index in [1.54, 1.807) is 12.1 Å². The summed E-state index contributed by atoms with van der Waals surface area (Å²) in [5.41, 5.74) is 2.27. The summed E-state index contributed by atoms with van der Waals surface area (Å²) < 4.78 is 13.4. The highest BCUT2D eigenvalue weighted by Crippen LogP contribution is 2.28. The van der Waals surface area contributed by atoms with Gasteiger partial charge in [0.25, 0.3) is 0 Å². The molecule has 0 aliphatic carbocycles. The average molecular weight is 264 g/mol. The van der Waals surface area contributed by atoms with E-state index in [0.29, 0.717) is 0 Å². The number of rotatable bonds is 5. The molecule has 1 fully saturated rings. The van der Waals surface area contributed by atoms with E-state index < -0.39 is 0 Å². The maximum absolute atomic E-state index is 13.4. The topological polar surface area (TPSA) is 15.3 Å². The molecule has 0 radical (unpaired) electrons. The Morgan fingerprint density at radius 1 is 1.32 bits per heavy atom. The largest absolute Gasteiger partial charge is 0.371 e. The summed E-state index contributed by atoms with van der Waals surface area (Å²) in [5, 5.41) is 3.13. The van der Waals surface area contributed by atoms with E-state index >= 15 is 0 Å². The molecular weight excluding hydrogens is 239 g/mol. The minimum Gasteiger partial charge on any atom is -0.371 e. The predicted molar refractivity (Wildman–Crippen MR) is 79.0 cm³/mol. The van der Waals surface area contributed by atoms with Gasteiger partial charge in [0.2, 0.25) is 0 Å². The van der Waals surface area contributed by atoms with Gasteiger partial charge in [0.15, 0.2) is 0 Å². The average Bonchev–Trinajstić information content (AvgIpc) is 2.41. The third kappa shape index (κ3) is 3.69. The van der Waals surface area contributed by atoms with E-state index in [-0.39, 0.29) is 5.82 Å². The van der Waals surface area contributed by atoms with Gasteiger partial charge in [-0.1, -0.05) is 19.8 Å². The molecular formula is C16H25FN2. The van der Waals surface area contributed by atoms with Gasteiger partial charge >= 0.3 is 0 Å². The number of nitrogens with one attached hydrogen (secondary N) is 1. The second-order valence-corrected chi connectivity index (χ2v) is 5.52. The molecule has 1 aliphatic heterocycles. The molecule has 2 rings (SSSR count). The summed E-state index contributed by atoms with van der Waals surface area (Å²) in [6, 6.07) is 5.17. The van der Waals surface area contributed by atoms with Crippen LogP contribution in [-0.2, 0) is 6.54 Å². The van der Waals surface area contributed by atoms with Crippen LogP contribution >= 0.6 is 0 Å². The third-order valence-electron chi connectivity index (χ3n) is 4.06. The molecule has 1 aromatic rings. The van der Waals surface area contributed by atoms with Gasteiger partial charge in [-0.2, -0.15) is 0 Å². The molecule has 19 heavy (non-hydrogen) atoms. The molecule has 1 saturated heterocycles. The van der Waals surface area contributed by atoms with Gasteiger partial charge in [0.05, 0.1) is 0 Å². The van der Waals surface area contributed by atoms with Crippen LogP contribution in [0.5, 0.6) is 0 Å². The standard InChI is InChI=1S/C16H25FN2/c1-3-4-13-7-9-19(10-8-13)16-6-5-15(17)11-14(16)12-18-2/h5-6,11,13,18H,3-4,7-10,12H2,1-2H3. The van der Waals surface area contributed by atoms with Crippen LogP contribution in [0, 0.1) is 11.7 Å². The normalized spacial score (nSPS) is 16.9. The van der Waals surface area contributed by atoms with Crippen molar-refractivity contribution < 1.29 is 4.39 Å². The van der Waals surface area contributed by atoms with Crippen LogP contribution in [0.2, 0.25) is 0 Å². The van der Waals surface area contributed by atoms with Gasteiger partial charge in [-0.25, -0.2) is 4.39 Å². The lowest BCUT2D eigenvalue weighted by molar-refractivity contribution is 0.378. The zero-order valence-electron chi connectivity index (χ0n) is 12.1. The minimum atomic E-state index is -0.144. The van der Waals surface area contributed by atoms with Gasteiger partial charge in [-0.15, -0.1) is 0 Å². The van der Waals surface area contributed by atoms with Gasteiger partial charge in [0.1, 0.15) is 5.82 Å². The third-order valence-corrected chi connectivity index (χ3v) is 4.06. The molecule has 3 heteroatoms. The van der Waals surface area contributed by atoms with Crippen molar-refractivity contribution in [1.82, 2.24) is 5.32 Å². The van der Waals surface area contributed by atoms with Crippen LogP contribution in [0.4, 0.5) is 10.1 Å². The summed E-state index contributed by atoms with van der Waals surface area (Å²) in [4.78, 5) is 2.41. The molecule has 0 aromatic heterocycles. The van der Waals surface area contributed by atoms with E-state index in [1.165, 1.54) is 31.4 Å². The number of halogens is 1. The van der Waals surface area contributed by atoms with Crippen LogP contribution in [0.15, 0.2) is 18.2 Å². The van der Waals surface area contributed by atoms with Gasteiger partial charge in [-0.3, -0.25) is 0 Å². The number of anilines is 1. The molecule has 0 unspecified atom stereocenters. The Balaban J connectivity index is 2.06. The van der Waals surface area contributed by atoms with E-state index in [1.807, 2.05) is 13.1 Å². The van der Waals surface area contributed by atoms with Crippen molar-refractivity contribution in [3.63, 3.8) is 0 Å². The lowest BCUT2D eigenvalue weighted by Crippen LogP contribution is -2.34. The van der Waals surface area contributed by atoms with Crippen molar-refractivity contribution >= 4 is 5.69 Å². The first-order chi connectivity index (χ1) is 9.24. The summed E-state index contributed by atoms with van der Waals surface area (Å²) in [5.74, 6) is 0.740. The van der Waals surface area contributed by atoms with Gasteiger partial charge < -0.3 is 10.2 Å². The summed E-state index contributed by atoms with van der Waals surface area (Å²) in [7, 11) is 1.90. The second-order valence-electron chi connectivity index (χ2n) is 5.52. The van der Waals surface area contributed by atoms with E-state index in [0.717, 1.165) is 31.1 Å². The zero-order valence-corrected chi connectivity index (χ0v) is 12.1. The van der Waals surface area contributed by atoms with Crippen molar-refractivity contribution in [3.05, 3.63) is 29.6 Å². The highest BCUT2D eigenvalue weighted by atomic mass is 19.1. The van der Waals surface area contributed by atoms with Crippen molar-refractivity contribution in [1.29, 1.82) is 0 Å². The lowest BCUT2D eigenvalue weighted by atomic mass is 9.92. The lowest BCUT2D eigenvalue weighted by Gasteiger charge is -2.34. The first-order valence-electron chi connectivity index (χ1n) is 7.42. The molecule has 1 N–H and O–H groups in total. The maximum Gasteiger partial charge on any atom is 0.123 e. The second kappa shape index (κ2) is 6.90. The van der Waals surface area contributed by atoms with Crippen LogP contribution < -0.4 is 10.2 Å². The Bertz CT molecular complexity index is 398. The van der Waals surface area contributed by atoms with Gasteiger partial charge in [0, 0.05) is 25.3 Å².